The number of rotatable bonds is 10. The molecule has 0 aromatic heterocycles. The fourth-order valence-electron chi connectivity index (χ4n) is 4.04. The van der Waals surface area contributed by atoms with Crippen molar-refractivity contribution in [2.75, 3.05) is 18.1 Å². The lowest BCUT2D eigenvalue weighted by molar-refractivity contribution is -0.138. The first kappa shape index (κ1) is 25.4. The van der Waals surface area contributed by atoms with Crippen LogP contribution in [0.2, 0.25) is 0 Å². The lowest BCUT2D eigenvalue weighted by atomic mass is 10.00. The minimum atomic E-state index is -4.37. The fourth-order valence-corrected chi connectivity index (χ4v) is 4.04. The highest BCUT2D eigenvalue weighted by atomic mass is 19.4. The number of para-hydroxylation sites is 1. The Balaban J connectivity index is 1.72. The Hall–Kier alpha value is -3.22. The molecular weight excluding hydrogens is 443 g/mol. The lowest BCUT2D eigenvalue weighted by Gasteiger charge is -2.33. The maximum Gasteiger partial charge on any atom is 0.416 e. The van der Waals surface area contributed by atoms with Crippen molar-refractivity contribution in [1.82, 2.24) is 0 Å². The van der Waals surface area contributed by atoms with Crippen molar-refractivity contribution in [2.45, 2.75) is 51.7 Å². The smallest absolute Gasteiger partial charge is 0.416 e. The SMILES string of the molecule is C/C=C(\C=C/CCCC(=O)O)COc1cccc2c1N(Cc1cccc(C(F)(F)F)c1)CCC2. The van der Waals surface area contributed by atoms with Gasteiger partial charge < -0.3 is 14.7 Å². The number of carboxylic acids is 1. The third-order valence-electron chi connectivity index (χ3n) is 5.76. The molecule has 0 saturated heterocycles. The van der Waals surface area contributed by atoms with E-state index in [1.54, 1.807) is 6.07 Å². The van der Waals surface area contributed by atoms with Crippen molar-refractivity contribution < 1.29 is 27.8 Å². The summed E-state index contributed by atoms with van der Waals surface area (Å²) < 4.78 is 45.6. The molecule has 0 saturated carbocycles. The van der Waals surface area contributed by atoms with Crippen molar-refractivity contribution in [3.8, 4) is 5.75 Å². The Labute approximate surface area is 198 Å². The maximum atomic E-state index is 13.2. The van der Waals surface area contributed by atoms with Crippen LogP contribution in [0.4, 0.5) is 18.9 Å². The zero-order valence-corrected chi connectivity index (χ0v) is 19.3. The first-order valence-corrected chi connectivity index (χ1v) is 11.5. The number of carbonyl (C=O) groups is 1. The summed E-state index contributed by atoms with van der Waals surface area (Å²) in [4.78, 5) is 12.7. The van der Waals surface area contributed by atoms with Gasteiger partial charge in [-0.15, -0.1) is 0 Å². The number of fused-ring (bicyclic) bond motifs is 1. The Morgan fingerprint density at radius 2 is 2.00 bits per heavy atom. The van der Waals surface area contributed by atoms with Gasteiger partial charge in [0.2, 0.25) is 0 Å². The Morgan fingerprint density at radius 3 is 2.74 bits per heavy atom. The second kappa shape index (κ2) is 11.8. The van der Waals surface area contributed by atoms with E-state index in [0.717, 1.165) is 42.3 Å². The summed E-state index contributed by atoms with van der Waals surface area (Å²) in [5.41, 5.74) is 3.00. The number of aliphatic carboxylic acids is 1. The molecular formula is C27H30F3NO3. The second-order valence-electron chi connectivity index (χ2n) is 8.33. The normalized spacial score (nSPS) is 14.4. The summed E-state index contributed by atoms with van der Waals surface area (Å²) in [6, 6.07) is 11.4. The van der Waals surface area contributed by atoms with Crippen LogP contribution in [0.1, 0.15) is 49.3 Å². The number of unbranched alkanes of at least 4 members (excludes halogenated alkanes) is 1. The van der Waals surface area contributed by atoms with Crippen LogP contribution in [0, 0.1) is 0 Å². The van der Waals surface area contributed by atoms with E-state index in [1.807, 2.05) is 43.4 Å². The summed E-state index contributed by atoms with van der Waals surface area (Å²) in [7, 11) is 0. The van der Waals surface area contributed by atoms with Gasteiger partial charge in [-0.3, -0.25) is 4.79 Å². The molecule has 0 aliphatic carbocycles. The highest BCUT2D eigenvalue weighted by Crippen LogP contribution is 2.38. The standard InChI is InChI=1S/C27H30F3NO3/c1-2-20(9-4-3-5-15-25(32)33)19-34-24-14-7-11-22-12-8-16-31(26(22)24)18-21-10-6-13-23(17-21)27(28,29)30/h2,4,6-7,9-11,13-14,17H,3,5,8,12,15-16,18-19H2,1H3,(H,32,33)/b9-4-,20-2+. The summed E-state index contributed by atoms with van der Waals surface area (Å²) in [6.45, 7) is 3.38. The Bertz CT molecular complexity index is 1040. The van der Waals surface area contributed by atoms with Crippen LogP contribution in [-0.2, 0) is 23.9 Å². The molecule has 1 heterocycles. The van der Waals surface area contributed by atoms with Crippen LogP contribution in [-0.4, -0.2) is 24.2 Å². The number of allylic oxidation sites excluding steroid dienone is 2. The van der Waals surface area contributed by atoms with Gasteiger partial charge >= 0.3 is 12.1 Å². The van der Waals surface area contributed by atoms with Gasteiger partial charge in [0.05, 0.1) is 11.3 Å². The van der Waals surface area contributed by atoms with Crippen molar-refractivity contribution in [3.05, 3.63) is 83.0 Å². The van der Waals surface area contributed by atoms with Gasteiger partial charge in [-0.25, -0.2) is 0 Å². The Kier molecular flexibility index (Phi) is 8.79. The first-order chi connectivity index (χ1) is 16.3. The van der Waals surface area contributed by atoms with E-state index >= 15 is 0 Å². The predicted octanol–water partition coefficient (Wildman–Crippen LogP) is 6.79. The predicted molar refractivity (Wildman–Crippen MR) is 127 cm³/mol. The summed E-state index contributed by atoms with van der Waals surface area (Å²) in [6.07, 6.45) is 4.69. The third-order valence-corrected chi connectivity index (χ3v) is 5.76. The number of ether oxygens (including phenoxy) is 1. The molecule has 0 unspecified atom stereocenters. The molecule has 7 heteroatoms. The van der Waals surface area contributed by atoms with Crippen LogP contribution >= 0.6 is 0 Å². The average Bonchev–Trinajstić information content (AvgIpc) is 2.80. The van der Waals surface area contributed by atoms with Crippen LogP contribution in [0.5, 0.6) is 5.75 Å². The highest BCUT2D eigenvalue weighted by molar-refractivity contribution is 5.66. The van der Waals surface area contributed by atoms with Crippen LogP contribution in [0.15, 0.2) is 66.3 Å². The molecule has 2 aromatic carbocycles. The van der Waals surface area contributed by atoms with E-state index in [2.05, 4.69) is 4.90 Å². The molecule has 1 N–H and O–H groups in total. The number of nitrogens with zero attached hydrogens (tertiary/aromatic N) is 1. The van der Waals surface area contributed by atoms with Gasteiger partial charge in [-0.05, 0) is 67.5 Å². The molecule has 182 valence electrons. The van der Waals surface area contributed by atoms with Crippen molar-refractivity contribution in [1.29, 1.82) is 0 Å². The van der Waals surface area contributed by atoms with Crippen LogP contribution in [0.3, 0.4) is 0 Å². The van der Waals surface area contributed by atoms with E-state index < -0.39 is 17.7 Å². The van der Waals surface area contributed by atoms with Crippen molar-refractivity contribution >= 4 is 11.7 Å². The zero-order chi connectivity index (χ0) is 24.6. The second-order valence-corrected chi connectivity index (χ2v) is 8.33. The van der Waals surface area contributed by atoms with Crippen molar-refractivity contribution in [2.24, 2.45) is 0 Å². The number of carboxylic acid groups (broad SMARTS) is 1. The van der Waals surface area contributed by atoms with E-state index in [0.29, 0.717) is 37.3 Å². The molecule has 0 spiro atoms. The molecule has 2 aromatic rings. The molecule has 4 nitrogen and oxygen atoms in total. The topological polar surface area (TPSA) is 49.8 Å². The number of benzene rings is 2. The van der Waals surface area contributed by atoms with Gasteiger partial charge in [0.1, 0.15) is 12.4 Å². The number of halogens is 3. The molecule has 0 bridgehead atoms. The summed E-state index contributed by atoms with van der Waals surface area (Å²) in [5, 5.41) is 8.73. The number of alkyl halides is 3. The molecule has 0 amide bonds. The van der Waals surface area contributed by atoms with E-state index in [-0.39, 0.29) is 6.42 Å². The van der Waals surface area contributed by atoms with E-state index in [4.69, 9.17) is 9.84 Å². The van der Waals surface area contributed by atoms with E-state index in [1.165, 1.54) is 12.1 Å². The minimum Gasteiger partial charge on any atom is -0.487 e. The largest absolute Gasteiger partial charge is 0.487 e. The highest BCUT2D eigenvalue weighted by Gasteiger charge is 2.30. The molecule has 0 atom stereocenters. The molecule has 0 fully saturated rings. The van der Waals surface area contributed by atoms with Gasteiger partial charge in [0, 0.05) is 19.5 Å². The summed E-state index contributed by atoms with van der Waals surface area (Å²) in [5.74, 6) is -0.0886. The molecule has 1 aliphatic heterocycles. The van der Waals surface area contributed by atoms with Gasteiger partial charge in [0.25, 0.3) is 0 Å². The quantitative estimate of drug-likeness (QED) is 0.305. The number of anilines is 1. The molecule has 1 aliphatic rings. The first-order valence-electron chi connectivity index (χ1n) is 11.5. The van der Waals surface area contributed by atoms with Gasteiger partial charge in [-0.2, -0.15) is 13.2 Å². The Morgan fingerprint density at radius 1 is 1.21 bits per heavy atom. The number of hydrogen-bond donors (Lipinski definition) is 1. The monoisotopic (exact) mass is 473 g/mol. The van der Waals surface area contributed by atoms with Crippen molar-refractivity contribution in [3.63, 3.8) is 0 Å². The fraction of sp³-hybridized carbons (Fsp3) is 0.370. The van der Waals surface area contributed by atoms with Crippen LogP contribution < -0.4 is 9.64 Å². The maximum absolute atomic E-state index is 13.2. The van der Waals surface area contributed by atoms with Gasteiger partial charge in [0.15, 0.2) is 0 Å². The van der Waals surface area contributed by atoms with Gasteiger partial charge in [-0.1, -0.05) is 42.5 Å². The lowest BCUT2D eigenvalue weighted by Crippen LogP contribution is -2.29. The third kappa shape index (κ3) is 7.14. The number of hydrogen-bond acceptors (Lipinski definition) is 3. The average molecular weight is 474 g/mol. The molecule has 3 rings (SSSR count). The van der Waals surface area contributed by atoms with Crippen LogP contribution in [0.25, 0.3) is 0 Å². The zero-order valence-electron chi connectivity index (χ0n) is 19.3. The van der Waals surface area contributed by atoms with E-state index in [9.17, 15) is 18.0 Å². The molecule has 0 radical (unpaired) electrons. The summed E-state index contributed by atoms with van der Waals surface area (Å²) >= 11 is 0. The molecule has 34 heavy (non-hydrogen) atoms. The number of aryl methyl sites for hydroxylation is 1. The minimum absolute atomic E-state index is 0.143.